The zero-order valence-electron chi connectivity index (χ0n) is 9.45. The Morgan fingerprint density at radius 2 is 2.00 bits per heavy atom. The van der Waals surface area contributed by atoms with Crippen LogP contribution in [-0.4, -0.2) is 11.0 Å². The van der Waals surface area contributed by atoms with E-state index >= 15 is 0 Å². The van der Waals surface area contributed by atoms with Gasteiger partial charge in [0.15, 0.2) is 0 Å². The minimum atomic E-state index is -0.802. The van der Waals surface area contributed by atoms with Gasteiger partial charge in [0, 0.05) is 10.5 Å². The van der Waals surface area contributed by atoms with E-state index in [9.17, 15) is 9.18 Å². The van der Waals surface area contributed by atoms with Gasteiger partial charge < -0.3 is 10.4 Å². The van der Waals surface area contributed by atoms with Gasteiger partial charge in [-0.05, 0) is 30.3 Å². The standard InChI is InChI=1S/C13H8BrClFNO2/c14-7-1-4-10(15)12(5-7)17-13(19)9-3-2-8(18)6-11(9)16/h1-6,18H,(H,17,19). The van der Waals surface area contributed by atoms with E-state index in [1.54, 1.807) is 18.2 Å². The van der Waals surface area contributed by atoms with Crippen LogP contribution in [0.25, 0.3) is 0 Å². The molecule has 0 fully saturated rings. The van der Waals surface area contributed by atoms with Gasteiger partial charge in [-0.15, -0.1) is 0 Å². The third kappa shape index (κ3) is 3.24. The number of phenols is 1. The third-order valence-corrected chi connectivity index (χ3v) is 3.20. The van der Waals surface area contributed by atoms with Gasteiger partial charge in [-0.3, -0.25) is 4.79 Å². The van der Waals surface area contributed by atoms with E-state index in [0.717, 1.165) is 10.5 Å². The maximum atomic E-state index is 13.5. The molecule has 19 heavy (non-hydrogen) atoms. The van der Waals surface area contributed by atoms with E-state index in [-0.39, 0.29) is 11.3 Å². The number of phenolic OH excluding ortho intramolecular Hbond substituents is 1. The Morgan fingerprint density at radius 3 is 2.68 bits per heavy atom. The van der Waals surface area contributed by atoms with Gasteiger partial charge in [-0.25, -0.2) is 4.39 Å². The molecule has 1 amide bonds. The fourth-order valence-corrected chi connectivity index (χ4v) is 2.00. The Hall–Kier alpha value is -1.59. The lowest BCUT2D eigenvalue weighted by atomic mass is 10.2. The molecule has 0 saturated carbocycles. The number of hydrogen-bond donors (Lipinski definition) is 2. The number of nitrogens with one attached hydrogen (secondary N) is 1. The Bertz CT molecular complexity index is 649. The Kier molecular flexibility index (Phi) is 4.07. The fraction of sp³-hybridized carbons (Fsp3) is 0. The molecule has 98 valence electrons. The molecule has 0 radical (unpaired) electrons. The highest BCUT2D eigenvalue weighted by Gasteiger charge is 2.13. The van der Waals surface area contributed by atoms with Crippen LogP contribution < -0.4 is 5.32 Å². The molecule has 2 N–H and O–H groups in total. The van der Waals surface area contributed by atoms with Crippen molar-refractivity contribution in [2.24, 2.45) is 0 Å². The molecule has 3 nitrogen and oxygen atoms in total. The van der Waals surface area contributed by atoms with Crippen molar-refractivity contribution < 1.29 is 14.3 Å². The van der Waals surface area contributed by atoms with Crippen LogP contribution in [0, 0.1) is 5.82 Å². The average Bonchev–Trinajstić information content (AvgIpc) is 2.33. The van der Waals surface area contributed by atoms with Crippen LogP contribution in [0.4, 0.5) is 10.1 Å². The van der Waals surface area contributed by atoms with Gasteiger partial charge in [0.1, 0.15) is 11.6 Å². The van der Waals surface area contributed by atoms with Gasteiger partial charge in [0.2, 0.25) is 0 Å². The number of amides is 1. The number of rotatable bonds is 2. The highest BCUT2D eigenvalue weighted by atomic mass is 79.9. The minimum absolute atomic E-state index is 0.172. The van der Waals surface area contributed by atoms with Crippen LogP contribution in [0.3, 0.4) is 0 Å². The summed E-state index contributed by atoms with van der Waals surface area (Å²) in [6.07, 6.45) is 0. The second-order valence-electron chi connectivity index (χ2n) is 3.74. The summed E-state index contributed by atoms with van der Waals surface area (Å²) in [6.45, 7) is 0. The van der Waals surface area contributed by atoms with E-state index < -0.39 is 11.7 Å². The van der Waals surface area contributed by atoms with Crippen LogP contribution in [0.5, 0.6) is 5.75 Å². The van der Waals surface area contributed by atoms with Gasteiger partial charge in [-0.2, -0.15) is 0 Å². The van der Waals surface area contributed by atoms with Crippen molar-refractivity contribution in [2.45, 2.75) is 0 Å². The summed E-state index contributed by atoms with van der Waals surface area (Å²) in [6, 6.07) is 8.25. The molecule has 0 bridgehead atoms. The number of carbonyl (C=O) groups excluding carboxylic acids is 1. The van der Waals surface area contributed by atoms with Gasteiger partial charge >= 0.3 is 0 Å². The average molecular weight is 345 g/mol. The molecule has 0 saturated heterocycles. The van der Waals surface area contributed by atoms with Crippen molar-refractivity contribution in [2.75, 3.05) is 5.32 Å². The second kappa shape index (κ2) is 5.59. The van der Waals surface area contributed by atoms with Crippen LogP contribution >= 0.6 is 27.5 Å². The quantitative estimate of drug-likeness (QED) is 0.858. The maximum Gasteiger partial charge on any atom is 0.258 e. The first-order chi connectivity index (χ1) is 8.97. The van der Waals surface area contributed by atoms with Crippen molar-refractivity contribution in [1.29, 1.82) is 0 Å². The van der Waals surface area contributed by atoms with E-state index in [1.807, 2.05) is 0 Å². The molecule has 2 aromatic carbocycles. The van der Waals surface area contributed by atoms with Gasteiger partial charge in [0.25, 0.3) is 5.91 Å². The van der Waals surface area contributed by atoms with E-state index in [4.69, 9.17) is 16.7 Å². The molecule has 0 spiro atoms. The monoisotopic (exact) mass is 343 g/mol. The normalized spacial score (nSPS) is 10.3. The number of hydrogen-bond acceptors (Lipinski definition) is 2. The Morgan fingerprint density at radius 1 is 1.26 bits per heavy atom. The van der Waals surface area contributed by atoms with E-state index in [2.05, 4.69) is 21.2 Å². The first-order valence-corrected chi connectivity index (χ1v) is 6.39. The predicted molar refractivity (Wildman–Crippen MR) is 75.2 cm³/mol. The molecule has 0 atom stereocenters. The van der Waals surface area contributed by atoms with Crippen molar-refractivity contribution in [1.82, 2.24) is 0 Å². The summed E-state index contributed by atoms with van der Waals surface area (Å²) in [7, 11) is 0. The minimum Gasteiger partial charge on any atom is -0.508 e. The molecular formula is C13H8BrClFNO2. The predicted octanol–water partition coefficient (Wildman–Crippen LogP) is 4.20. The number of anilines is 1. The molecule has 6 heteroatoms. The Labute approximate surface area is 122 Å². The van der Waals surface area contributed by atoms with Crippen LogP contribution in [0.1, 0.15) is 10.4 Å². The van der Waals surface area contributed by atoms with E-state index in [1.165, 1.54) is 12.1 Å². The number of aromatic hydroxyl groups is 1. The molecule has 0 aliphatic rings. The molecule has 0 aromatic heterocycles. The van der Waals surface area contributed by atoms with Gasteiger partial charge in [0.05, 0.1) is 16.3 Å². The number of benzene rings is 2. The first kappa shape index (κ1) is 13.8. The largest absolute Gasteiger partial charge is 0.508 e. The van der Waals surface area contributed by atoms with Crippen molar-refractivity contribution >= 4 is 39.1 Å². The fourth-order valence-electron chi connectivity index (χ4n) is 1.47. The molecule has 0 heterocycles. The number of halogens is 3. The molecular weight excluding hydrogens is 337 g/mol. The highest BCUT2D eigenvalue weighted by Crippen LogP contribution is 2.26. The summed E-state index contributed by atoms with van der Waals surface area (Å²) < 4.78 is 14.3. The van der Waals surface area contributed by atoms with Crippen molar-refractivity contribution in [3.63, 3.8) is 0 Å². The van der Waals surface area contributed by atoms with Crippen LogP contribution in [0.15, 0.2) is 40.9 Å². The first-order valence-electron chi connectivity index (χ1n) is 5.22. The van der Waals surface area contributed by atoms with Crippen molar-refractivity contribution in [3.8, 4) is 5.75 Å². The van der Waals surface area contributed by atoms with Crippen LogP contribution in [0.2, 0.25) is 5.02 Å². The Balaban J connectivity index is 2.28. The molecule has 0 unspecified atom stereocenters. The highest BCUT2D eigenvalue weighted by molar-refractivity contribution is 9.10. The zero-order valence-corrected chi connectivity index (χ0v) is 11.8. The van der Waals surface area contributed by atoms with Gasteiger partial charge in [-0.1, -0.05) is 27.5 Å². The molecule has 2 aromatic rings. The van der Waals surface area contributed by atoms with E-state index in [0.29, 0.717) is 10.7 Å². The SMILES string of the molecule is O=C(Nc1cc(Br)ccc1Cl)c1ccc(O)cc1F. The maximum absolute atomic E-state index is 13.5. The lowest BCUT2D eigenvalue weighted by Crippen LogP contribution is -2.14. The lowest BCUT2D eigenvalue weighted by molar-refractivity contribution is 0.102. The molecule has 0 aliphatic carbocycles. The summed E-state index contributed by atoms with van der Waals surface area (Å²) >= 11 is 9.17. The smallest absolute Gasteiger partial charge is 0.258 e. The zero-order chi connectivity index (χ0) is 14.0. The molecule has 2 rings (SSSR count). The summed E-state index contributed by atoms with van der Waals surface area (Å²) in [5.41, 5.74) is 0.197. The van der Waals surface area contributed by atoms with Crippen LogP contribution in [-0.2, 0) is 0 Å². The summed E-state index contributed by atoms with van der Waals surface area (Å²) in [5.74, 6) is -1.68. The topological polar surface area (TPSA) is 49.3 Å². The summed E-state index contributed by atoms with van der Waals surface area (Å²) in [4.78, 5) is 11.9. The second-order valence-corrected chi connectivity index (χ2v) is 5.07. The third-order valence-electron chi connectivity index (χ3n) is 2.37. The van der Waals surface area contributed by atoms with Crippen molar-refractivity contribution in [3.05, 3.63) is 57.3 Å². The lowest BCUT2D eigenvalue weighted by Gasteiger charge is -2.08. The molecule has 0 aliphatic heterocycles. The summed E-state index contributed by atoms with van der Waals surface area (Å²) in [5, 5.41) is 11.9. The number of carbonyl (C=O) groups is 1.